The zero-order valence-electron chi connectivity index (χ0n) is 8.06. The van der Waals surface area contributed by atoms with Crippen molar-refractivity contribution in [1.82, 2.24) is 0 Å². The molecule has 0 atom stereocenters. The first-order valence-electron chi connectivity index (χ1n) is 4.41. The Labute approximate surface area is 89.5 Å². The van der Waals surface area contributed by atoms with E-state index in [9.17, 15) is 4.79 Å². The van der Waals surface area contributed by atoms with Gasteiger partial charge in [0.25, 0.3) is 0 Å². The molecule has 0 aliphatic carbocycles. The van der Waals surface area contributed by atoms with E-state index < -0.39 is 0 Å². The van der Waals surface area contributed by atoms with Gasteiger partial charge in [0.15, 0.2) is 0 Å². The van der Waals surface area contributed by atoms with Crippen LogP contribution in [0.4, 0.5) is 0 Å². The van der Waals surface area contributed by atoms with Gasteiger partial charge in [0, 0.05) is 6.42 Å². The minimum absolute atomic E-state index is 0.208. The highest BCUT2D eigenvalue weighted by atomic mass is 35.5. The molecule has 0 aromatic rings. The van der Waals surface area contributed by atoms with E-state index in [2.05, 4.69) is 13.8 Å². The lowest BCUT2D eigenvalue weighted by atomic mass is 10.1. The first-order valence-corrected chi connectivity index (χ1v) is 5.48. The van der Waals surface area contributed by atoms with Gasteiger partial charge in [0.05, 0.1) is 11.8 Å². The molecule has 0 aliphatic rings. The summed E-state index contributed by atoms with van der Waals surface area (Å²) in [4.78, 5) is 11.1. The summed E-state index contributed by atoms with van der Waals surface area (Å²) < 4.78 is 5.00. The van der Waals surface area contributed by atoms with Crippen LogP contribution < -0.4 is 0 Å². The van der Waals surface area contributed by atoms with Gasteiger partial charge < -0.3 is 4.74 Å². The molecular formula is C9H16Cl2O2. The van der Waals surface area contributed by atoms with Gasteiger partial charge in [-0.25, -0.2) is 0 Å². The van der Waals surface area contributed by atoms with Crippen molar-refractivity contribution in [2.24, 2.45) is 5.92 Å². The van der Waals surface area contributed by atoms with Crippen molar-refractivity contribution in [1.29, 1.82) is 0 Å². The van der Waals surface area contributed by atoms with Crippen LogP contribution in [0.2, 0.25) is 0 Å². The van der Waals surface area contributed by atoms with Crippen LogP contribution in [0.15, 0.2) is 0 Å². The Kier molecular flexibility index (Phi) is 7.48. The van der Waals surface area contributed by atoms with E-state index >= 15 is 0 Å². The summed E-state index contributed by atoms with van der Waals surface area (Å²) in [6, 6.07) is 0. The Morgan fingerprint density at radius 2 is 1.85 bits per heavy atom. The average molecular weight is 227 g/mol. The quantitative estimate of drug-likeness (QED) is 0.515. The molecule has 0 spiro atoms. The van der Waals surface area contributed by atoms with Crippen molar-refractivity contribution in [3.8, 4) is 0 Å². The van der Waals surface area contributed by atoms with Crippen molar-refractivity contribution in [3.63, 3.8) is 0 Å². The predicted molar refractivity (Wildman–Crippen MR) is 55.4 cm³/mol. The molecule has 78 valence electrons. The fourth-order valence-corrected chi connectivity index (χ4v) is 1.21. The zero-order valence-corrected chi connectivity index (χ0v) is 9.57. The zero-order chi connectivity index (χ0) is 10.3. The van der Waals surface area contributed by atoms with Gasteiger partial charge in [-0.1, -0.05) is 13.8 Å². The van der Waals surface area contributed by atoms with Crippen molar-refractivity contribution in [3.05, 3.63) is 0 Å². The third-order valence-electron chi connectivity index (χ3n) is 1.57. The number of hydrogen-bond acceptors (Lipinski definition) is 2. The number of hydrogen-bond donors (Lipinski definition) is 0. The van der Waals surface area contributed by atoms with Crippen LogP contribution in [-0.4, -0.2) is 23.8 Å². The minimum atomic E-state index is -0.344. The van der Waals surface area contributed by atoms with E-state index in [-0.39, 0.29) is 23.8 Å². The number of carbonyl (C=O) groups is 1. The Hall–Kier alpha value is 0.0500. The fourth-order valence-electron chi connectivity index (χ4n) is 0.756. The molecule has 2 nitrogen and oxygen atoms in total. The normalized spacial score (nSPS) is 10.9. The van der Waals surface area contributed by atoms with E-state index in [1.165, 1.54) is 0 Å². The van der Waals surface area contributed by atoms with Crippen LogP contribution in [-0.2, 0) is 9.53 Å². The Bertz CT molecular complexity index is 145. The van der Waals surface area contributed by atoms with Crippen LogP contribution in [0.5, 0.6) is 0 Å². The summed E-state index contributed by atoms with van der Waals surface area (Å²) in [6.07, 6.45) is 0.945. The largest absolute Gasteiger partial charge is 0.460 e. The van der Waals surface area contributed by atoms with E-state index in [1.54, 1.807) is 0 Å². The molecule has 0 saturated carbocycles. The molecule has 0 amide bonds. The van der Waals surface area contributed by atoms with Crippen LogP contribution in [0.3, 0.4) is 0 Å². The molecule has 0 fully saturated rings. The monoisotopic (exact) mass is 226 g/mol. The summed E-state index contributed by atoms with van der Waals surface area (Å²) in [5.41, 5.74) is 0. The SMILES string of the molecule is CC(C)CCC(=O)OC(CCl)CCl. The highest BCUT2D eigenvalue weighted by molar-refractivity contribution is 6.21. The molecule has 0 saturated heterocycles. The lowest BCUT2D eigenvalue weighted by Crippen LogP contribution is -2.21. The van der Waals surface area contributed by atoms with Crippen molar-refractivity contribution in [2.75, 3.05) is 11.8 Å². The van der Waals surface area contributed by atoms with Gasteiger partial charge >= 0.3 is 5.97 Å². The second-order valence-corrected chi connectivity index (χ2v) is 3.97. The molecule has 0 aromatic heterocycles. The van der Waals surface area contributed by atoms with E-state index in [0.717, 1.165) is 6.42 Å². The maximum absolute atomic E-state index is 11.1. The van der Waals surface area contributed by atoms with Crippen LogP contribution in [0, 0.1) is 5.92 Å². The molecule has 4 heteroatoms. The van der Waals surface area contributed by atoms with E-state index in [0.29, 0.717) is 12.3 Å². The second kappa shape index (κ2) is 7.45. The molecule has 0 aliphatic heterocycles. The lowest BCUT2D eigenvalue weighted by molar-refractivity contribution is -0.147. The first kappa shape index (κ1) is 13.1. The average Bonchev–Trinajstić information content (AvgIpc) is 2.10. The third kappa shape index (κ3) is 7.15. The Morgan fingerprint density at radius 1 is 1.31 bits per heavy atom. The molecule has 0 heterocycles. The molecule has 0 aromatic carbocycles. The third-order valence-corrected chi connectivity index (χ3v) is 2.26. The van der Waals surface area contributed by atoms with Gasteiger partial charge in [-0.3, -0.25) is 4.79 Å². The van der Waals surface area contributed by atoms with Crippen LogP contribution in [0.1, 0.15) is 26.7 Å². The number of alkyl halides is 2. The van der Waals surface area contributed by atoms with Crippen molar-refractivity contribution >= 4 is 29.2 Å². The molecule has 0 radical (unpaired) electrons. The maximum atomic E-state index is 11.1. The van der Waals surface area contributed by atoms with E-state index in [4.69, 9.17) is 27.9 Å². The fraction of sp³-hybridized carbons (Fsp3) is 0.889. The topological polar surface area (TPSA) is 26.3 Å². The number of ether oxygens (including phenoxy) is 1. The van der Waals surface area contributed by atoms with Gasteiger partial charge in [-0.2, -0.15) is 0 Å². The molecule has 0 bridgehead atoms. The highest BCUT2D eigenvalue weighted by Gasteiger charge is 2.12. The number of esters is 1. The number of rotatable bonds is 6. The number of halogens is 2. The highest BCUT2D eigenvalue weighted by Crippen LogP contribution is 2.07. The van der Waals surface area contributed by atoms with Gasteiger partial charge in [-0.05, 0) is 12.3 Å². The van der Waals surface area contributed by atoms with Gasteiger partial charge in [-0.15, -0.1) is 23.2 Å². The second-order valence-electron chi connectivity index (χ2n) is 3.35. The smallest absolute Gasteiger partial charge is 0.306 e. The van der Waals surface area contributed by atoms with Crippen molar-refractivity contribution < 1.29 is 9.53 Å². The maximum Gasteiger partial charge on any atom is 0.306 e. The Morgan fingerprint density at radius 3 is 2.23 bits per heavy atom. The standard InChI is InChI=1S/C9H16Cl2O2/c1-7(2)3-4-9(12)13-8(5-10)6-11/h7-8H,3-6H2,1-2H3. The first-order chi connectivity index (χ1) is 6.10. The lowest BCUT2D eigenvalue weighted by Gasteiger charge is -2.12. The molecule has 0 rings (SSSR count). The summed E-state index contributed by atoms with van der Waals surface area (Å²) in [6.45, 7) is 4.13. The van der Waals surface area contributed by atoms with Crippen molar-refractivity contribution in [2.45, 2.75) is 32.8 Å². The van der Waals surface area contributed by atoms with E-state index in [1.807, 2.05) is 0 Å². The van der Waals surface area contributed by atoms with Crippen LogP contribution in [0.25, 0.3) is 0 Å². The number of carbonyl (C=O) groups excluding carboxylic acids is 1. The summed E-state index contributed by atoms with van der Waals surface area (Å²) >= 11 is 11.0. The minimum Gasteiger partial charge on any atom is -0.460 e. The Balaban J connectivity index is 3.60. The molecule has 0 unspecified atom stereocenters. The van der Waals surface area contributed by atoms with Gasteiger partial charge in [0.1, 0.15) is 6.10 Å². The summed E-state index contributed by atoms with van der Waals surface area (Å²) in [5.74, 6) is 0.825. The molecule has 13 heavy (non-hydrogen) atoms. The molecular weight excluding hydrogens is 211 g/mol. The van der Waals surface area contributed by atoms with Gasteiger partial charge in [0.2, 0.25) is 0 Å². The predicted octanol–water partition coefficient (Wildman–Crippen LogP) is 2.81. The molecule has 0 N–H and O–H groups in total. The summed E-state index contributed by atoms with van der Waals surface area (Å²) in [7, 11) is 0. The summed E-state index contributed by atoms with van der Waals surface area (Å²) in [5, 5.41) is 0. The van der Waals surface area contributed by atoms with Crippen LogP contribution >= 0.6 is 23.2 Å².